The van der Waals surface area contributed by atoms with E-state index < -0.39 is 0 Å². The molecule has 0 saturated heterocycles. The number of anilines is 2. The third-order valence-electron chi connectivity index (χ3n) is 2.04. The lowest BCUT2D eigenvalue weighted by atomic mass is 10.2. The Labute approximate surface area is 84.9 Å². The summed E-state index contributed by atoms with van der Waals surface area (Å²) in [5.74, 6) is 0. The topological polar surface area (TPSA) is 58.3 Å². The van der Waals surface area contributed by atoms with Gasteiger partial charge >= 0.3 is 0 Å². The van der Waals surface area contributed by atoms with Gasteiger partial charge in [-0.1, -0.05) is 0 Å². The highest BCUT2D eigenvalue weighted by Gasteiger charge is 1.95. The van der Waals surface area contributed by atoms with Crippen molar-refractivity contribution in [1.82, 2.24) is 0 Å². The molecule has 1 aromatic rings. The van der Waals surface area contributed by atoms with Crippen molar-refractivity contribution in [1.29, 1.82) is 0 Å². The van der Waals surface area contributed by atoms with E-state index in [-0.39, 0.29) is 6.10 Å². The molecule has 0 aliphatic heterocycles. The lowest BCUT2D eigenvalue weighted by Crippen LogP contribution is -2.06. The lowest BCUT2D eigenvalue weighted by molar-refractivity contribution is 0.183. The molecule has 0 spiro atoms. The fraction of sp³-hybridized carbons (Fsp3) is 0.455. The summed E-state index contributed by atoms with van der Waals surface area (Å²) in [7, 11) is 0. The van der Waals surface area contributed by atoms with Gasteiger partial charge in [-0.15, -0.1) is 0 Å². The van der Waals surface area contributed by atoms with Gasteiger partial charge in [-0.3, -0.25) is 0 Å². The number of aliphatic hydroxyl groups is 1. The van der Waals surface area contributed by atoms with E-state index in [0.717, 1.165) is 30.8 Å². The molecular weight excluding hydrogens is 176 g/mol. The molecule has 0 saturated carbocycles. The number of nitrogens with one attached hydrogen (secondary N) is 1. The minimum Gasteiger partial charge on any atom is -0.399 e. The molecule has 78 valence electrons. The summed E-state index contributed by atoms with van der Waals surface area (Å²) < 4.78 is 0. The van der Waals surface area contributed by atoms with Crippen LogP contribution in [0, 0.1) is 0 Å². The Kier molecular flexibility index (Phi) is 4.26. The van der Waals surface area contributed by atoms with Gasteiger partial charge < -0.3 is 16.2 Å². The van der Waals surface area contributed by atoms with Gasteiger partial charge in [0.25, 0.3) is 0 Å². The zero-order chi connectivity index (χ0) is 10.4. The van der Waals surface area contributed by atoms with E-state index in [9.17, 15) is 0 Å². The predicted molar refractivity (Wildman–Crippen MR) is 60.3 cm³/mol. The van der Waals surface area contributed by atoms with Crippen LogP contribution in [0.2, 0.25) is 0 Å². The van der Waals surface area contributed by atoms with E-state index in [1.807, 2.05) is 31.2 Å². The number of benzene rings is 1. The molecule has 0 aliphatic rings. The van der Waals surface area contributed by atoms with Crippen molar-refractivity contribution in [2.75, 3.05) is 17.6 Å². The van der Waals surface area contributed by atoms with Gasteiger partial charge in [0.15, 0.2) is 0 Å². The summed E-state index contributed by atoms with van der Waals surface area (Å²) in [4.78, 5) is 0. The molecule has 0 heterocycles. The van der Waals surface area contributed by atoms with E-state index in [1.54, 1.807) is 0 Å². The molecule has 1 rings (SSSR count). The highest BCUT2D eigenvalue weighted by molar-refractivity contribution is 5.50. The Balaban J connectivity index is 2.21. The monoisotopic (exact) mass is 194 g/mol. The minimum absolute atomic E-state index is 0.205. The Morgan fingerprint density at radius 3 is 2.57 bits per heavy atom. The number of nitrogens with two attached hydrogens (primary N) is 1. The second-order valence-corrected chi connectivity index (χ2v) is 3.54. The summed E-state index contributed by atoms with van der Waals surface area (Å²) in [6.45, 7) is 2.69. The molecule has 0 radical (unpaired) electrons. The average molecular weight is 194 g/mol. The zero-order valence-electron chi connectivity index (χ0n) is 8.53. The van der Waals surface area contributed by atoms with Crippen LogP contribution in [0.4, 0.5) is 11.4 Å². The van der Waals surface area contributed by atoms with Crippen LogP contribution < -0.4 is 11.1 Å². The highest BCUT2D eigenvalue weighted by Crippen LogP contribution is 2.10. The SMILES string of the molecule is CC(O)CCCNc1ccc(N)cc1. The number of hydrogen-bond acceptors (Lipinski definition) is 3. The van der Waals surface area contributed by atoms with Crippen molar-refractivity contribution >= 4 is 11.4 Å². The fourth-order valence-corrected chi connectivity index (χ4v) is 1.23. The molecule has 14 heavy (non-hydrogen) atoms. The first-order valence-corrected chi connectivity index (χ1v) is 4.96. The maximum Gasteiger partial charge on any atom is 0.0512 e. The van der Waals surface area contributed by atoms with Crippen LogP contribution in [-0.2, 0) is 0 Å². The second kappa shape index (κ2) is 5.50. The van der Waals surface area contributed by atoms with E-state index in [4.69, 9.17) is 10.8 Å². The van der Waals surface area contributed by atoms with Crippen LogP contribution in [0.3, 0.4) is 0 Å². The van der Waals surface area contributed by atoms with Gasteiger partial charge in [-0.05, 0) is 44.0 Å². The largest absolute Gasteiger partial charge is 0.399 e. The molecule has 0 aromatic heterocycles. The van der Waals surface area contributed by atoms with E-state index >= 15 is 0 Å². The van der Waals surface area contributed by atoms with E-state index in [2.05, 4.69) is 5.32 Å². The van der Waals surface area contributed by atoms with Crippen molar-refractivity contribution in [2.24, 2.45) is 0 Å². The molecule has 1 aromatic carbocycles. The molecule has 0 bridgehead atoms. The molecule has 3 heteroatoms. The highest BCUT2D eigenvalue weighted by atomic mass is 16.3. The molecule has 0 aliphatic carbocycles. The first-order chi connectivity index (χ1) is 6.68. The molecule has 0 amide bonds. The molecule has 4 N–H and O–H groups in total. The maximum absolute atomic E-state index is 9.04. The van der Waals surface area contributed by atoms with Gasteiger partial charge in [-0.25, -0.2) is 0 Å². The molecule has 0 fully saturated rings. The fourth-order valence-electron chi connectivity index (χ4n) is 1.23. The van der Waals surface area contributed by atoms with Crippen molar-refractivity contribution in [2.45, 2.75) is 25.9 Å². The second-order valence-electron chi connectivity index (χ2n) is 3.54. The molecule has 1 unspecified atom stereocenters. The first kappa shape index (κ1) is 10.9. The van der Waals surface area contributed by atoms with Crippen LogP contribution in [0.5, 0.6) is 0 Å². The third kappa shape index (κ3) is 4.14. The number of rotatable bonds is 5. The van der Waals surface area contributed by atoms with Gasteiger partial charge in [0.05, 0.1) is 6.10 Å². The van der Waals surface area contributed by atoms with Crippen molar-refractivity contribution in [3.05, 3.63) is 24.3 Å². The third-order valence-corrected chi connectivity index (χ3v) is 2.04. The summed E-state index contributed by atoms with van der Waals surface area (Å²) in [6, 6.07) is 7.66. The molecule has 3 nitrogen and oxygen atoms in total. The number of nitrogen functional groups attached to an aromatic ring is 1. The Hall–Kier alpha value is -1.22. The number of aliphatic hydroxyl groups excluding tert-OH is 1. The standard InChI is InChI=1S/C11H18N2O/c1-9(14)3-2-8-13-11-6-4-10(12)5-7-11/h4-7,9,13-14H,2-3,8,12H2,1H3. The van der Waals surface area contributed by atoms with Gasteiger partial charge in [0, 0.05) is 17.9 Å². The van der Waals surface area contributed by atoms with Crippen LogP contribution in [0.25, 0.3) is 0 Å². The lowest BCUT2D eigenvalue weighted by Gasteiger charge is -2.07. The smallest absolute Gasteiger partial charge is 0.0512 e. The zero-order valence-corrected chi connectivity index (χ0v) is 8.53. The van der Waals surface area contributed by atoms with E-state index in [0.29, 0.717) is 0 Å². The molecular formula is C11H18N2O. The predicted octanol–water partition coefficient (Wildman–Crippen LogP) is 1.84. The van der Waals surface area contributed by atoms with Crippen LogP contribution in [0.15, 0.2) is 24.3 Å². The van der Waals surface area contributed by atoms with Crippen LogP contribution >= 0.6 is 0 Å². The Morgan fingerprint density at radius 2 is 2.00 bits per heavy atom. The maximum atomic E-state index is 9.04. The van der Waals surface area contributed by atoms with Crippen molar-refractivity contribution in [3.8, 4) is 0 Å². The van der Waals surface area contributed by atoms with Gasteiger partial charge in [0.2, 0.25) is 0 Å². The van der Waals surface area contributed by atoms with Gasteiger partial charge in [0.1, 0.15) is 0 Å². The van der Waals surface area contributed by atoms with E-state index in [1.165, 1.54) is 0 Å². The van der Waals surface area contributed by atoms with Gasteiger partial charge in [-0.2, -0.15) is 0 Å². The van der Waals surface area contributed by atoms with Crippen molar-refractivity contribution < 1.29 is 5.11 Å². The average Bonchev–Trinajstić information content (AvgIpc) is 2.15. The Bertz CT molecular complexity index is 256. The quantitative estimate of drug-likeness (QED) is 0.495. The Morgan fingerprint density at radius 1 is 1.36 bits per heavy atom. The number of hydrogen-bond donors (Lipinski definition) is 3. The summed E-state index contributed by atoms with van der Waals surface area (Å²) in [6.07, 6.45) is 1.60. The van der Waals surface area contributed by atoms with Crippen LogP contribution in [0.1, 0.15) is 19.8 Å². The summed E-state index contributed by atoms with van der Waals surface area (Å²) in [5, 5.41) is 12.3. The van der Waals surface area contributed by atoms with Crippen LogP contribution in [-0.4, -0.2) is 17.8 Å². The summed E-state index contributed by atoms with van der Waals surface area (Å²) >= 11 is 0. The normalized spacial score (nSPS) is 12.4. The summed E-state index contributed by atoms with van der Waals surface area (Å²) in [5.41, 5.74) is 7.41. The molecule has 1 atom stereocenters. The minimum atomic E-state index is -0.205. The van der Waals surface area contributed by atoms with Crippen molar-refractivity contribution in [3.63, 3.8) is 0 Å². The first-order valence-electron chi connectivity index (χ1n) is 4.96.